The summed E-state index contributed by atoms with van der Waals surface area (Å²) in [4.78, 5) is 17.1. The van der Waals surface area contributed by atoms with Crippen LogP contribution in [0.5, 0.6) is 5.75 Å². The van der Waals surface area contributed by atoms with Gasteiger partial charge in [0.1, 0.15) is 5.75 Å². The molecule has 2 atom stereocenters. The highest BCUT2D eigenvalue weighted by molar-refractivity contribution is 5.89. The molecular weight excluding hydrogens is 278 g/mol. The fourth-order valence-electron chi connectivity index (χ4n) is 3.71. The second kappa shape index (κ2) is 6.57. The van der Waals surface area contributed by atoms with Gasteiger partial charge in [-0.25, -0.2) is 4.79 Å². The summed E-state index contributed by atoms with van der Waals surface area (Å²) in [5.74, 6) is 1.42. The van der Waals surface area contributed by atoms with Crippen molar-refractivity contribution >= 4 is 11.7 Å². The molecule has 0 aliphatic carbocycles. The number of ether oxygens (including phenoxy) is 1. The van der Waals surface area contributed by atoms with Crippen LogP contribution in [-0.2, 0) is 0 Å². The minimum Gasteiger partial charge on any atom is -0.497 e. The van der Waals surface area contributed by atoms with Crippen LogP contribution >= 0.6 is 0 Å². The van der Waals surface area contributed by atoms with Gasteiger partial charge >= 0.3 is 6.03 Å². The van der Waals surface area contributed by atoms with Gasteiger partial charge < -0.3 is 19.9 Å². The molecule has 1 N–H and O–H groups in total. The molecule has 2 amide bonds. The maximum atomic E-state index is 12.6. The van der Waals surface area contributed by atoms with Crippen molar-refractivity contribution in [2.24, 2.45) is 5.92 Å². The largest absolute Gasteiger partial charge is 0.497 e. The van der Waals surface area contributed by atoms with Gasteiger partial charge in [0, 0.05) is 24.8 Å². The topological polar surface area (TPSA) is 44.8 Å². The number of piperidine rings is 2. The lowest BCUT2D eigenvalue weighted by molar-refractivity contribution is 0.0579. The van der Waals surface area contributed by atoms with Crippen LogP contribution < -0.4 is 10.1 Å². The number of carbonyl (C=O) groups is 1. The van der Waals surface area contributed by atoms with E-state index in [2.05, 4.69) is 17.3 Å². The maximum Gasteiger partial charge on any atom is 0.322 e. The Hall–Kier alpha value is -1.75. The number of urea groups is 1. The van der Waals surface area contributed by atoms with Crippen molar-refractivity contribution in [3.63, 3.8) is 0 Å². The molecule has 5 heteroatoms. The molecule has 0 unspecified atom stereocenters. The Morgan fingerprint density at radius 3 is 2.73 bits per heavy atom. The highest BCUT2D eigenvalue weighted by Crippen LogP contribution is 2.30. The number of methoxy groups -OCH3 is 1. The molecule has 1 aromatic rings. The fourth-order valence-corrected chi connectivity index (χ4v) is 3.71. The molecule has 22 heavy (non-hydrogen) atoms. The minimum absolute atomic E-state index is 0.0319. The summed E-state index contributed by atoms with van der Waals surface area (Å²) >= 11 is 0. The van der Waals surface area contributed by atoms with Crippen molar-refractivity contribution in [1.29, 1.82) is 0 Å². The Balaban J connectivity index is 1.65. The van der Waals surface area contributed by atoms with E-state index < -0.39 is 0 Å². The molecule has 5 nitrogen and oxygen atoms in total. The van der Waals surface area contributed by atoms with Crippen LogP contribution in [0.25, 0.3) is 0 Å². The Bertz CT molecular complexity index is 517. The summed E-state index contributed by atoms with van der Waals surface area (Å²) in [6, 6.07) is 7.92. The summed E-state index contributed by atoms with van der Waals surface area (Å²) < 4.78 is 5.14. The molecule has 0 spiro atoms. The lowest BCUT2D eigenvalue weighted by Crippen LogP contribution is -2.56. The summed E-state index contributed by atoms with van der Waals surface area (Å²) in [7, 11) is 3.81. The lowest BCUT2D eigenvalue weighted by Gasteiger charge is -2.46. The van der Waals surface area contributed by atoms with Crippen molar-refractivity contribution in [2.75, 3.05) is 39.1 Å². The van der Waals surface area contributed by atoms with Crippen LogP contribution in [0.15, 0.2) is 24.3 Å². The van der Waals surface area contributed by atoms with Crippen LogP contribution in [0.4, 0.5) is 10.5 Å². The number of amides is 2. The van der Waals surface area contributed by atoms with Gasteiger partial charge in [-0.1, -0.05) is 0 Å². The second-order valence-corrected chi connectivity index (χ2v) is 6.37. The summed E-state index contributed by atoms with van der Waals surface area (Å²) in [5, 5.41) is 3.03. The molecule has 0 bridgehead atoms. The maximum absolute atomic E-state index is 12.6. The first kappa shape index (κ1) is 15.2. The van der Waals surface area contributed by atoms with Gasteiger partial charge in [-0.2, -0.15) is 0 Å². The Kier molecular flexibility index (Phi) is 4.52. The van der Waals surface area contributed by atoms with Gasteiger partial charge in [0.2, 0.25) is 0 Å². The third-order valence-electron chi connectivity index (χ3n) is 4.87. The standard InChI is InChI=1S/C17H25N3O2/c1-19-11-9-16-13(12-19)4-3-10-20(16)17(21)18-14-5-7-15(22-2)8-6-14/h5-8,13,16H,3-4,9-12H2,1-2H3,(H,18,21)/t13-,16-/m0/s1. The number of carbonyl (C=O) groups excluding carboxylic acids is 1. The van der Waals surface area contributed by atoms with Crippen molar-refractivity contribution in [1.82, 2.24) is 9.80 Å². The lowest BCUT2D eigenvalue weighted by atomic mass is 9.84. The molecule has 1 aromatic carbocycles. The number of benzene rings is 1. The first-order valence-electron chi connectivity index (χ1n) is 8.07. The Morgan fingerprint density at radius 1 is 1.23 bits per heavy atom. The first-order valence-corrected chi connectivity index (χ1v) is 8.07. The molecule has 2 aliphatic rings. The van der Waals surface area contributed by atoms with Gasteiger partial charge in [0.05, 0.1) is 7.11 Å². The Morgan fingerprint density at radius 2 is 2.00 bits per heavy atom. The number of fused-ring (bicyclic) bond motifs is 1. The van der Waals surface area contributed by atoms with Crippen LogP contribution in [0.2, 0.25) is 0 Å². The summed E-state index contributed by atoms with van der Waals surface area (Å²) in [6.45, 7) is 3.05. The van der Waals surface area contributed by atoms with Crippen LogP contribution in [-0.4, -0.2) is 55.7 Å². The number of anilines is 1. The van der Waals surface area contributed by atoms with E-state index in [0.29, 0.717) is 12.0 Å². The normalized spacial score (nSPS) is 25.5. The van der Waals surface area contributed by atoms with E-state index in [1.54, 1.807) is 7.11 Å². The zero-order valence-electron chi connectivity index (χ0n) is 13.4. The molecule has 3 rings (SSSR count). The zero-order chi connectivity index (χ0) is 15.5. The van der Waals surface area contributed by atoms with Crippen molar-refractivity contribution in [3.8, 4) is 5.75 Å². The molecule has 120 valence electrons. The van der Waals surface area contributed by atoms with Crippen molar-refractivity contribution < 1.29 is 9.53 Å². The van der Waals surface area contributed by atoms with Crippen molar-refractivity contribution in [2.45, 2.75) is 25.3 Å². The number of rotatable bonds is 2. The smallest absolute Gasteiger partial charge is 0.322 e. The van der Waals surface area contributed by atoms with Gasteiger partial charge in [0.25, 0.3) is 0 Å². The predicted molar refractivity (Wildman–Crippen MR) is 87.3 cm³/mol. The van der Waals surface area contributed by atoms with E-state index in [-0.39, 0.29) is 6.03 Å². The molecule has 2 aliphatic heterocycles. The van der Waals surface area contributed by atoms with E-state index in [9.17, 15) is 4.79 Å². The van der Waals surface area contributed by atoms with E-state index in [1.807, 2.05) is 29.2 Å². The SMILES string of the molecule is COc1ccc(NC(=O)N2CCC[C@H]3CN(C)CC[C@@H]32)cc1. The second-order valence-electron chi connectivity index (χ2n) is 6.37. The minimum atomic E-state index is 0.0319. The van der Waals surface area contributed by atoms with Gasteiger partial charge in [-0.15, -0.1) is 0 Å². The first-order chi connectivity index (χ1) is 10.7. The van der Waals surface area contributed by atoms with Crippen LogP contribution in [0, 0.1) is 5.92 Å². The third-order valence-corrected chi connectivity index (χ3v) is 4.87. The highest BCUT2D eigenvalue weighted by atomic mass is 16.5. The molecule has 2 heterocycles. The monoisotopic (exact) mass is 303 g/mol. The number of nitrogens with zero attached hydrogens (tertiary/aromatic N) is 2. The quantitative estimate of drug-likeness (QED) is 0.913. The predicted octanol–water partition coefficient (Wildman–Crippen LogP) is 2.64. The highest BCUT2D eigenvalue weighted by Gasteiger charge is 2.37. The molecule has 2 saturated heterocycles. The van der Waals surface area contributed by atoms with E-state index in [4.69, 9.17) is 4.74 Å². The molecular formula is C17H25N3O2. The van der Waals surface area contributed by atoms with Crippen LogP contribution in [0.3, 0.4) is 0 Å². The third kappa shape index (κ3) is 3.19. The van der Waals surface area contributed by atoms with Crippen molar-refractivity contribution in [3.05, 3.63) is 24.3 Å². The summed E-state index contributed by atoms with van der Waals surface area (Å²) in [6.07, 6.45) is 3.42. The van der Waals surface area contributed by atoms with E-state index in [0.717, 1.165) is 43.9 Å². The Labute approximate surface area is 132 Å². The van der Waals surface area contributed by atoms with Gasteiger partial charge in [-0.3, -0.25) is 0 Å². The molecule has 0 radical (unpaired) electrons. The number of likely N-dealkylation sites (tertiary alicyclic amines) is 2. The van der Waals surface area contributed by atoms with E-state index in [1.165, 1.54) is 6.42 Å². The zero-order valence-corrected chi connectivity index (χ0v) is 13.4. The molecule has 0 aromatic heterocycles. The van der Waals surface area contributed by atoms with Gasteiger partial charge in [-0.05, 0) is 63.0 Å². The molecule has 2 fully saturated rings. The average Bonchev–Trinajstić information content (AvgIpc) is 2.54. The van der Waals surface area contributed by atoms with Crippen LogP contribution in [0.1, 0.15) is 19.3 Å². The average molecular weight is 303 g/mol. The number of hydrogen-bond donors (Lipinski definition) is 1. The van der Waals surface area contributed by atoms with E-state index >= 15 is 0 Å². The number of nitrogens with one attached hydrogen (secondary N) is 1. The fraction of sp³-hybridized carbons (Fsp3) is 0.588. The number of hydrogen-bond acceptors (Lipinski definition) is 3. The summed E-state index contributed by atoms with van der Waals surface area (Å²) in [5.41, 5.74) is 0.820. The molecule has 0 saturated carbocycles. The van der Waals surface area contributed by atoms with Gasteiger partial charge in [0.15, 0.2) is 0 Å².